The first-order valence-corrected chi connectivity index (χ1v) is 8.55. The van der Waals surface area contributed by atoms with Crippen molar-refractivity contribution in [1.82, 2.24) is 25.0 Å². The number of nitrogen functional groups attached to an aromatic ring is 1. The van der Waals surface area contributed by atoms with E-state index in [4.69, 9.17) is 10.5 Å². The van der Waals surface area contributed by atoms with E-state index in [0.717, 1.165) is 29.1 Å². The Hall–Kier alpha value is -3.68. The minimum absolute atomic E-state index is 0.440. The van der Waals surface area contributed by atoms with Gasteiger partial charge in [0.1, 0.15) is 5.75 Å². The predicted octanol–water partition coefficient (Wildman–Crippen LogP) is 3.11. The van der Waals surface area contributed by atoms with Crippen LogP contribution in [0.2, 0.25) is 0 Å². The normalized spacial score (nSPS) is 10.9. The van der Waals surface area contributed by atoms with Crippen LogP contribution in [0.25, 0.3) is 16.9 Å². The van der Waals surface area contributed by atoms with Gasteiger partial charge in [-0.05, 0) is 42.3 Å². The van der Waals surface area contributed by atoms with Crippen LogP contribution in [-0.2, 0) is 6.42 Å². The molecule has 4 rings (SSSR count). The Morgan fingerprint density at radius 1 is 1.19 bits per heavy atom. The number of nitrogens with two attached hydrogens (primary N) is 1. The highest BCUT2D eigenvalue weighted by Gasteiger charge is 2.12. The van der Waals surface area contributed by atoms with E-state index in [1.54, 1.807) is 18.0 Å². The molecule has 8 nitrogen and oxygen atoms in total. The van der Waals surface area contributed by atoms with E-state index in [1.165, 1.54) is 0 Å². The number of methoxy groups -OCH3 is 1. The summed E-state index contributed by atoms with van der Waals surface area (Å²) < 4.78 is 7.09. The third-order valence-corrected chi connectivity index (χ3v) is 4.17. The summed E-state index contributed by atoms with van der Waals surface area (Å²) in [7, 11) is 1.65. The monoisotopic (exact) mass is 361 g/mol. The maximum absolute atomic E-state index is 5.82. The second-order valence-electron chi connectivity index (χ2n) is 6.05. The maximum Gasteiger partial charge on any atom is 0.229 e. The molecule has 4 aromatic rings. The van der Waals surface area contributed by atoms with Gasteiger partial charge in [-0.25, -0.2) is 4.98 Å². The first-order valence-electron chi connectivity index (χ1n) is 8.55. The van der Waals surface area contributed by atoms with Crippen molar-refractivity contribution < 1.29 is 4.74 Å². The van der Waals surface area contributed by atoms with Crippen LogP contribution < -0.4 is 15.8 Å². The van der Waals surface area contributed by atoms with Crippen molar-refractivity contribution in [2.24, 2.45) is 0 Å². The lowest BCUT2D eigenvalue weighted by Gasteiger charge is -2.09. The minimum Gasteiger partial charge on any atom is -0.497 e. The summed E-state index contributed by atoms with van der Waals surface area (Å²) in [6.07, 6.45) is 2.52. The number of rotatable bonds is 5. The van der Waals surface area contributed by atoms with Crippen LogP contribution in [0.4, 0.5) is 17.3 Å². The molecule has 0 bridgehead atoms. The van der Waals surface area contributed by atoms with Gasteiger partial charge in [0.15, 0.2) is 11.2 Å². The van der Waals surface area contributed by atoms with Crippen LogP contribution in [-0.4, -0.2) is 32.1 Å². The summed E-state index contributed by atoms with van der Waals surface area (Å²) >= 11 is 0. The number of ether oxygens (including phenoxy) is 1. The average Bonchev–Trinajstić information content (AvgIpc) is 3.11. The molecule has 0 atom stereocenters. The molecule has 0 saturated heterocycles. The number of anilines is 3. The van der Waals surface area contributed by atoms with Crippen molar-refractivity contribution in [3.63, 3.8) is 0 Å². The lowest BCUT2D eigenvalue weighted by molar-refractivity contribution is 0.414. The molecule has 0 radical (unpaired) electrons. The number of aryl methyl sites for hydroxylation is 1. The Morgan fingerprint density at radius 3 is 2.85 bits per heavy atom. The highest BCUT2D eigenvalue weighted by molar-refractivity contribution is 5.73. The van der Waals surface area contributed by atoms with Crippen LogP contribution in [0, 0.1) is 0 Å². The molecule has 0 aliphatic carbocycles. The van der Waals surface area contributed by atoms with Crippen LogP contribution in [0.1, 0.15) is 12.5 Å². The molecular formula is C19H19N7O. The van der Waals surface area contributed by atoms with Crippen molar-refractivity contribution in [2.75, 3.05) is 18.2 Å². The number of hydrogen-bond donors (Lipinski definition) is 2. The summed E-state index contributed by atoms with van der Waals surface area (Å²) in [5.74, 6) is 1.20. The molecule has 0 aliphatic heterocycles. The number of aromatic nitrogens is 5. The largest absolute Gasteiger partial charge is 0.497 e. The minimum atomic E-state index is 0.440. The van der Waals surface area contributed by atoms with Crippen molar-refractivity contribution in [2.45, 2.75) is 13.3 Å². The first-order chi connectivity index (χ1) is 13.2. The SMILES string of the molecule is CCc1cc(OC)cc(-n2nnc3cnc(Nc4cccc(N)c4)nc32)c1. The smallest absolute Gasteiger partial charge is 0.229 e. The van der Waals surface area contributed by atoms with Gasteiger partial charge in [0.25, 0.3) is 0 Å². The summed E-state index contributed by atoms with van der Waals surface area (Å²) in [5, 5.41) is 11.6. The molecule has 0 fully saturated rings. The van der Waals surface area contributed by atoms with Gasteiger partial charge in [-0.2, -0.15) is 9.67 Å². The van der Waals surface area contributed by atoms with E-state index in [9.17, 15) is 0 Å². The molecule has 136 valence electrons. The molecule has 2 aromatic heterocycles. The lowest BCUT2D eigenvalue weighted by atomic mass is 10.1. The Bertz CT molecular complexity index is 1080. The molecule has 2 heterocycles. The van der Waals surface area contributed by atoms with Crippen LogP contribution in [0.15, 0.2) is 48.7 Å². The van der Waals surface area contributed by atoms with Crippen molar-refractivity contribution in [3.8, 4) is 11.4 Å². The Kier molecular flexibility index (Phi) is 4.29. The molecule has 0 spiro atoms. The van der Waals surface area contributed by atoms with Gasteiger partial charge in [-0.3, -0.25) is 0 Å². The van der Waals surface area contributed by atoms with Gasteiger partial charge in [-0.1, -0.05) is 18.2 Å². The maximum atomic E-state index is 5.82. The Labute approximate surface area is 156 Å². The summed E-state index contributed by atoms with van der Waals surface area (Å²) in [6.45, 7) is 2.09. The van der Waals surface area contributed by atoms with E-state index < -0.39 is 0 Å². The molecule has 0 amide bonds. The molecule has 0 aliphatic rings. The lowest BCUT2D eigenvalue weighted by Crippen LogP contribution is -2.02. The number of nitrogens with zero attached hydrogens (tertiary/aromatic N) is 5. The molecule has 2 aromatic carbocycles. The zero-order valence-electron chi connectivity index (χ0n) is 15.0. The second kappa shape index (κ2) is 6.91. The summed E-state index contributed by atoms with van der Waals surface area (Å²) in [5.41, 5.74) is 10.5. The zero-order chi connectivity index (χ0) is 18.8. The van der Waals surface area contributed by atoms with Gasteiger partial charge in [-0.15, -0.1) is 5.10 Å². The van der Waals surface area contributed by atoms with E-state index in [2.05, 4.69) is 32.5 Å². The van der Waals surface area contributed by atoms with Crippen molar-refractivity contribution in [1.29, 1.82) is 0 Å². The van der Waals surface area contributed by atoms with Gasteiger partial charge in [0.05, 0.1) is 19.0 Å². The van der Waals surface area contributed by atoms with E-state index in [0.29, 0.717) is 22.8 Å². The fourth-order valence-corrected chi connectivity index (χ4v) is 2.80. The molecule has 8 heteroatoms. The third-order valence-electron chi connectivity index (χ3n) is 4.17. The van der Waals surface area contributed by atoms with Crippen LogP contribution in [0.5, 0.6) is 5.75 Å². The highest BCUT2D eigenvalue weighted by atomic mass is 16.5. The van der Waals surface area contributed by atoms with E-state index in [1.807, 2.05) is 42.5 Å². The fourth-order valence-electron chi connectivity index (χ4n) is 2.80. The summed E-state index contributed by atoms with van der Waals surface area (Å²) in [4.78, 5) is 8.88. The first kappa shape index (κ1) is 16.8. The second-order valence-corrected chi connectivity index (χ2v) is 6.05. The Balaban J connectivity index is 1.76. The quantitative estimate of drug-likeness (QED) is 0.526. The number of nitrogens with one attached hydrogen (secondary N) is 1. The molecule has 27 heavy (non-hydrogen) atoms. The van der Waals surface area contributed by atoms with E-state index >= 15 is 0 Å². The molecule has 0 unspecified atom stereocenters. The Morgan fingerprint density at radius 2 is 2.07 bits per heavy atom. The van der Waals surface area contributed by atoms with Gasteiger partial charge in [0.2, 0.25) is 5.95 Å². The average molecular weight is 361 g/mol. The van der Waals surface area contributed by atoms with Crippen molar-refractivity contribution in [3.05, 3.63) is 54.2 Å². The molecular weight excluding hydrogens is 342 g/mol. The van der Waals surface area contributed by atoms with Gasteiger partial charge >= 0.3 is 0 Å². The highest BCUT2D eigenvalue weighted by Crippen LogP contribution is 2.23. The van der Waals surface area contributed by atoms with E-state index in [-0.39, 0.29) is 0 Å². The number of benzene rings is 2. The third kappa shape index (κ3) is 3.37. The van der Waals surface area contributed by atoms with Gasteiger partial charge in [0, 0.05) is 17.4 Å². The number of hydrogen-bond acceptors (Lipinski definition) is 7. The van der Waals surface area contributed by atoms with Crippen LogP contribution in [0.3, 0.4) is 0 Å². The standard InChI is InChI=1S/C19H19N7O/c1-3-12-7-15(10-16(8-12)27-2)26-18-17(24-25-26)11-21-19(23-18)22-14-6-4-5-13(20)9-14/h4-11H,3,20H2,1-2H3,(H,21,22,23). The van der Waals surface area contributed by atoms with Crippen LogP contribution >= 0.6 is 0 Å². The number of fused-ring (bicyclic) bond motifs is 1. The van der Waals surface area contributed by atoms with Crippen molar-refractivity contribution >= 4 is 28.5 Å². The molecule has 3 N–H and O–H groups in total. The van der Waals surface area contributed by atoms with Gasteiger partial charge < -0.3 is 15.8 Å². The predicted molar refractivity (Wildman–Crippen MR) is 105 cm³/mol. The fraction of sp³-hybridized carbons (Fsp3) is 0.158. The topological polar surface area (TPSA) is 104 Å². The molecule has 0 saturated carbocycles. The summed E-state index contributed by atoms with van der Waals surface area (Å²) in [6, 6.07) is 13.4. The zero-order valence-corrected chi connectivity index (χ0v) is 15.0.